The molecule has 2 heterocycles. The lowest BCUT2D eigenvalue weighted by Crippen LogP contribution is -2.48. The van der Waals surface area contributed by atoms with Crippen molar-refractivity contribution in [1.82, 2.24) is 14.4 Å². The number of hydrogen-bond donors (Lipinski definition) is 3. The van der Waals surface area contributed by atoms with E-state index in [1.54, 1.807) is 51.1 Å². The predicted octanol–water partition coefficient (Wildman–Crippen LogP) is 5.06. The van der Waals surface area contributed by atoms with Gasteiger partial charge < -0.3 is 39.4 Å². The van der Waals surface area contributed by atoms with Crippen LogP contribution in [0, 0.1) is 19.8 Å². The smallest absolute Gasteiger partial charge is 0.323 e. The van der Waals surface area contributed by atoms with Crippen molar-refractivity contribution in [2.75, 3.05) is 51.1 Å². The summed E-state index contributed by atoms with van der Waals surface area (Å²) >= 11 is 0. The van der Waals surface area contributed by atoms with Crippen molar-refractivity contribution in [2.45, 2.75) is 77.0 Å². The molecule has 0 aliphatic carbocycles. The van der Waals surface area contributed by atoms with Gasteiger partial charge in [0.05, 0.1) is 42.4 Å². The molecule has 4 rings (SSSR count). The van der Waals surface area contributed by atoms with Crippen molar-refractivity contribution in [3.8, 4) is 11.5 Å². The van der Waals surface area contributed by atoms with Crippen LogP contribution in [0.3, 0.4) is 0 Å². The Labute approximate surface area is 294 Å². The summed E-state index contributed by atoms with van der Waals surface area (Å²) in [5, 5.41) is 19.6. The van der Waals surface area contributed by atoms with Gasteiger partial charge >= 0.3 is 6.03 Å². The number of urea groups is 1. The number of benzene rings is 2. The summed E-state index contributed by atoms with van der Waals surface area (Å²) in [6.07, 6.45) is 1.36. The number of sulfonamides is 1. The molecule has 1 aliphatic heterocycles. The number of aliphatic hydroxyl groups is 1. The molecule has 2 aromatic carbocycles. The van der Waals surface area contributed by atoms with E-state index in [1.807, 2.05) is 13.8 Å². The Morgan fingerprint density at radius 3 is 2.50 bits per heavy atom. The third-order valence-electron chi connectivity index (χ3n) is 8.79. The van der Waals surface area contributed by atoms with Gasteiger partial charge in [0.15, 0.2) is 5.76 Å². The van der Waals surface area contributed by atoms with Gasteiger partial charge in [-0.15, -0.1) is 0 Å². The van der Waals surface area contributed by atoms with E-state index in [2.05, 4.69) is 15.8 Å². The van der Waals surface area contributed by atoms with Crippen LogP contribution in [0.5, 0.6) is 11.5 Å². The zero-order valence-electron chi connectivity index (χ0n) is 29.8. The maximum atomic E-state index is 14.4. The predicted molar refractivity (Wildman–Crippen MR) is 188 cm³/mol. The summed E-state index contributed by atoms with van der Waals surface area (Å²) in [5.41, 5.74) is 1.52. The van der Waals surface area contributed by atoms with E-state index in [-0.39, 0.29) is 42.2 Å². The number of anilines is 2. The molecule has 0 radical (unpaired) electrons. The van der Waals surface area contributed by atoms with Gasteiger partial charge in [-0.1, -0.05) is 12.1 Å². The van der Waals surface area contributed by atoms with E-state index in [1.165, 1.54) is 35.5 Å². The van der Waals surface area contributed by atoms with E-state index in [0.29, 0.717) is 47.4 Å². The van der Waals surface area contributed by atoms with Gasteiger partial charge in [0.25, 0.3) is 5.91 Å². The maximum Gasteiger partial charge on any atom is 0.323 e. The first-order valence-corrected chi connectivity index (χ1v) is 18.1. The normalized spacial score (nSPS) is 20.0. The number of hydrogen-bond acceptors (Lipinski definition) is 10. The second kappa shape index (κ2) is 17.2. The van der Waals surface area contributed by atoms with Crippen LogP contribution in [0.4, 0.5) is 16.2 Å². The van der Waals surface area contributed by atoms with Crippen LogP contribution in [0.1, 0.15) is 61.8 Å². The maximum absolute atomic E-state index is 14.4. The highest BCUT2D eigenvalue weighted by atomic mass is 32.2. The molecule has 50 heavy (non-hydrogen) atoms. The van der Waals surface area contributed by atoms with Crippen LogP contribution in [-0.4, -0.2) is 98.5 Å². The van der Waals surface area contributed by atoms with Gasteiger partial charge in [-0.3, -0.25) is 4.79 Å². The SMILES string of the molecule is COc1ccc(S(=O)(=O)N(C)C[C@H]2OCCCC[C@@H](C)Oc3ccc(NC(=O)Nc4c(C)noc4C)cc3C(=O)N([C@@H](C)CO)C[C@H]2C)cc1. The molecule has 0 fully saturated rings. The van der Waals surface area contributed by atoms with Crippen molar-refractivity contribution in [3.05, 3.63) is 59.5 Å². The minimum Gasteiger partial charge on any atom is -0.497 e. The van der Waals surface area contributed by atoms with Crippen LogP contribution < -0.4 is 20.1 Å². The van der Waals surface area contributed by atoms with Crippen LogP contribution in [0.15, 0.2) is 51.9 Å². The molecule has 15 heteroatoms. The van der Waals surface area contributed by atoms with Gasteiger partial charge in [-0.2, -0.15) is 4.31 Å². The van der Waals surface area contributed by atoms with Gasteiger partial charge in [-0.25, -0.2) is 13.2 Å². The molecule has 0 saturated carbocycles. The number of carbonyl (C=O) groups is 2. The number of ether oxygens (including phenoxy) is 3. The standard InChI is InChI=1S/C35H49N5O9S/c1-22-19-40(23(2)21-41)34(42)30-18-27(36-35(43)37-33-25(4)38-49-26(33)5)11-16-31(30)48-24(3)10-8-9-17-47-32(22)20-39(6)50(44,45)29-14-12-28(46-7)13-15-29/h11-16,18,22-24,32,41H,8-10,17,19-21H2,1-7H3,(H2,36,37,43)/t22-,23+,24-,32-/m1/s1. The largest absolute Gasteiger partial charge is 0.497 e. The fourth-order valence-electron chi connectivity index (χ4n) is 5.68. The number of aliphatic hydroxyl groups excluding tert-OH is 1. The Morgan fingerprint density at radius 2 is 1.86 bits per heavy atom. The fourth-order valence-corrected chi connectivity index (χ4v) is 6.86. The summed E-state index contributed by atoms with van der Waals surface area (Å²) < 4.78 is 51.2. The summed E-state index contributed by atoms with van der Waals surface area (Å²) in [6, 6.07) is 9.87. The second-order valence-electron chi connectivity index (χ2n) is 12.8. The van der Waals surface area contributed by atoms with Crippen LogP contribution in [0.2, 0.25) is 0 Å². The first-order chi connectivity index (χ1) is 23.7. The molecule has 14 nitrogen and oxygen atoms in total. The summed E-state index contributed by atoms with van der Waals surface area (Å²) in [7, 11) is -0.847. The lowest BCUT2D eigenvalue weighted by atomic mass is 10.0. The Hall–Kier alpha value is -4.18. The van der Waals surface area contributed by atoms with Gasteiger partial charge in [0.1, 0.15) is 22.9 Å². The van der Waals surface area contributed by atoms with Crippen molar-refractivity contribution in [1.29, 1.82) is 0 Å². The third kappa shape index (κ3) is 9.53. The number of amides is 3. The molecule has 3 amide bonds. The minimum absolute atomic E-state index is 0.0372. The summed E-state index contributed by atoms with van der Waals surface area (Å²) in [5.74, 6) is 0.563. The van der Waals surface area contributed by atoms with E-state index in [9.17, 15) is 23.1 Å². The quantitative estimate of drug-likeness (QED) is 0.272. The van der Waals surface area contributed by atoms with E-state index < -0.39 is 34.1 Å². The number of carbonyl (C=O) groups excluding carboxylic acids is 2. The number of likely N-dealkylation sites (N-methyl/N-ethyl adjacent to an activating group) is 1. The molecular formula is C35H49N5O9S. The molecule has 1 aliphatic rings. The lowest BCUT2D eigenvalue weighted by molar-refractivity contribution is -0.00834. The zero-order chi connectivity index (χ0) is 36.6. The Bertz CT molecular complexity index is 1690. The van der Waals surface area contributed by atoms with E-state index in [0.717, 1.165) is 12.8 Å². The van der Waals surface area contributed by atoms with E-state index in [4.69, 9.17) is 18.7 Å². The number of aromatic nitrogens is 1. The minimum atomic E-state index is -3.86. The molecule has 1 aromatic heterocycles. The molecule has 3 aromatic rings. The van der Waals surface area contributed by atoms with Crippen LogP contribution >= 0.6 is 0 Å². The average molecular weight is 716 g/mol. The van der Waals surface area contributed by atoms with Gasteiger partial charge in [0.2, 0.25) is 10.0 Å². The van der Waals surface area contributed by atoms with Crippen LogP contribution in [0.25, 0.3) is 0 Å². The molecular weight excluding hydrogens is 666 g/mol. The number of nitrogens with zero attached hydrogens (tertiary/aromatic N) is 3. The number of fused-ring (bicyclic) bond motifs is 1. The Balaban J connectivity index is 1.62. The number of methoxy groups -OCH3 is 1. The van der Waals surface area contributed by atoms with Crippen molar-refractivity contribution >= 4 is 33.3 Å². The topological polar surface area (TPSA) is 173 Å². The number of nitrogens with one attached hydrogen (secondary N) is 2. The monoisotopic (exact) mass is 715 g/mol. The molecule has 0 spiro atoms. The molecule has 0 saturated heterocycles. The summed E-state index contributed by atoms with van der Waals surface area (Å²) in [4.78, 5) is 29.0. The second-order valence-corrected chi connectivity index (χ2v) is 14.8. The van der Waals surface area contributed by atoms with Crippen molar-refractivity contribution in [3.63, 3.8) is 0 Å². The third-order valence-corrected chi connectivity index (χ3v) is 10.6. The lowest BCUT2D eigenvalue weighted by Gasteiger charge is -2.35. The number of rotatable bonds is 9. The van der Waals surface area contributed by atoms with Crippen molar-refractivity contribution < 1.29 is 41.8 Å². The Morgan fingerprint density at radius 1 is 1.14 bits per heavy atom. The van der Waals surface area contributed by atoms with Gasteiger partial charge in [-0.05, 0) is 89.4 Å². The highest BCUT2D eigenvalue weighted by Gasteiger charge is 2.32. The molecule has 0 bridgehead atoms. The number of aryl methyl sites for hydroxylation is 2. The molecule has 0 unspecified atom stereocenters. The first kappa shape index (κ1) is 38.6. The van der Waals surface area contributed by atoms with E-state index >= 15 is 0 Å². The van der Waals surface area contributed by atoms with Crippen molar-refractivity contribution in [2.24, 2.45) is 5.92 Å². The summed E-state index contributed by atoms with van der Waals surface area (Å²) in [6.45, 7) is 9.18. The average Bonchev–Trinajstić information content (AvgIpc) is 3.41. The fraction of sp³-hybridized carbons (Fsp3) is 0.514. The molecule has 4 atom stereocenters. The zero-order valence-corrected chi connectivity index (χ0v) is 30.6. The molecule has 3 N–H and O–H groups in total. The highest BCUT2D eigenvalue weighted by molar-refractivity contribution is 7.89. The first-order valence-electron chi connectivity index (χ1n) is 16.7. The Kier molecular flexibility index (Phi) is 13.3. The molecule has 274 valence electrons. The van der Waals surface area contributed by atoms with Crippen LogP contribution in [-0.2, 0) is 14.8 Å². The highest BCUT2D eigenvalue weighted by Crippen LogP contribution is 2.29. The van der Waals surface area contributed by atoms with Gasteiger partial charge in [0, 0.05) is 38.3 Å².